The van der Waals surface area contributed by atoms with Crippen LogP contribution in [-0.2, 0) is 9.53 Å². The number of carbonyl (C=O) groups excluding carboxylic acids is 1. The number of anilines is 1. The molecule has 2 rings (SSSR count). The van der Waals surface area contributed by atoms with E-state index in [4.69, 9.17) is 16.3 Å². The number of pyridine rings is 1. The predicted molar refractivity (Wildman–Crippen MR) is 65.2 cm³/mol. The summed E-state index contributed by atoms with van der Waals surface area (Å²) in [5.41, 5.74) is 0. The van der Waals surface area contributed by atoms with Gasteiger partial charge in [0.05, 0.1) is 18.2 Å². The van der Waals surface area contributed by atoms with Crippen molar-refractivity contribution in [2.75, 3.05) is 31.7 Å². The highest BCUT2D eigenvalue weighted by Crippen LogP contribution is 2.23. The van der Waals surface area contributed by atoms with Gasteiger partial charge in [-0.1, -0.05) is 11.6 Å². The van der Waals surface area contributed by atoms with Crippen LogP contribution in [0.5, 0.6) is 0 Å². The van der Waals surface area contributed by atoms with Gasteiger partial charge >= 0.3 is 0 Å². The van der Waals surface area contributed by atoms with E-state index in [0.29, 0.717) is 13.2 Å². The highest BCUT2D eigenvalue weighted by Gasteiger charge is 2.31. The quantitative estimate of drug-likeness (QED) is 0.867. The van der Waals surface area contributed by atoms with Crippen molar-refractivity contribution in [2.24, 2.45) is 0 Å². The van der Waals surface area contributed by atoms with E-state index in [1.165, 1.54) is 19.3 Å². The average molecular weight is 274 g/mol. The molecule has 0 bridgehead atoms. The molecule has 1 aromatic heterocycles. The normalized spacial score (nSPS) is 19.7. The van der Waals surface area contributed by atoms with Crippen LogP contribution < -0.4 is 10.2 Å². The Hall–Kier alpha value is -1.40. The first-order valence-electron chi connectivity index (χ1n) is 5.50. The summed E-state index contributed by atoms with van der Waals surface area (Å²) in [6.45, 7) is 1.05. The lowest BCUT2D eigenvalue weighted by atomic mass is 10.2. The molecule has 1 N–H and O–H groups in total. The van der Waals surface area contributed by atoms with Crippen LogP contribution in [0.4, 0.5) is 10.2 Å². The van der Waals surface area contributed by atoms with Crippen LogP contribution in [-0.4, -0.2) is 43.7 Å². The number of hydrogen-bond acceptors (Lipinski definition) is 4. The highest BCUT2D eigenvalue weighted by atomic mass is 35.5. The van der Waals surface area contributed by atoms with Gasteiger partial charge in [0.15, 0.2) is 11.6 Å². The minimum Gasteiger partial charge on any atom is -0.377 e. The third-order valence-corrected chi connectivity index (χ3v) is 2.94. The maximum Gasteiger partial charge on any atom is 0.244 e. The number of nitrogens with one attached hydrogen (secondary N) is 1. The lowest BCUT2D eigenvalue weighted by molar-refractivity contribution is -0.124. The molecule has 1 amide bonds. The largest absolute Gasteiger partial charge is 0.377 e. The van der Waals surface area contributed by atoms with Crippen LogP contribution in [0.25, 0.3) is 0 Å². The van der Waals surface area contributed by atoms with Crippen molar-refractivity contribution >= 4 is 23.3 Å². The second-order valence-electron chi connectivity index (χ2n) is 3.86. The fourth-order valence-corrected chi connectivity index (χ4v) is 2.00. The Morgan fingerprint density at radius 3 is 3.17 bits per heavy atom. The molecule has 0 spiro atoms. The van der Waals surface area contributed by atoms with Crippen molar-refractivity contribution in [3.05, 3.63) is 23.1 Å². The van der Waals surface area contributed by atoms with Gasteiger partial charge < -0.3 is 15.0 Å². The zero-order chi connectivity index (χ0) is 13.1. The molecule has 0 radical (unpaired) electrons. The van der Waals surface area contributed by atoms with Gasteiger partial charge in [0, 0.05) is 19.8 Å². The maximum atomic E-state index is 13.8. The molecule has 0 aliphatic carbocycles. The standard InChI is InChI=1S/C11H13ClFN3O2/c1-14-11(17)9-6-18-3-2-16(9)10-8(13)4-7(12)5-15-10/h4-5,9H,2-3,6H2,1H3,(H,14,17). The lowest BCUT2D eigenvalue weighted by Crippen LogP contribution is -2.54. The van der Waals surface area contributed by atoms with E-state index in [1.54, 1.807) is 4.90 Å². The van der Waals surface area contributed by atoms with Crippen LogP contribution in [0.2, 0.25) is 5.02 Å². The Balaban J connectivity index is 2.30. The number of halogens is 2. The van der Waals surface area contributed by atoms with E-state index in [1.807, 2.05) is 0 Å². The number of morpholine rings is 1. The molecule has 1 aliphatic heterocycles. The smallest absolute Gasteiger partial charge is 0.244 e. The number of carbonyl (C=O) groups is 1. The van der Waals surface area contributed by atoms with Crippen molar-refractivity contribution in [3.63, 3.8) is 0 Å². The summed E-state index contributed by atoms with van der Waals surface area (Å²) in [5.74, 6) is -0.652. The lowest BCUT2D eigenvalue weighted by Gasteiger charge is -2.35. The Morgan fingerprint density at radius 2 is 2.50 bits per heavy atom. The van der Waals surface area contributed by atoms with Crippen molar-refractivity contribution in [1.29, 1.82) is 0 Å². The maximum absolute atomic E-state index is 13.8. The summed E-state index contributed by atoms with van der Waals surface area (Å²) in [4.78, 5) is 17.3. The highest BCUT2D eigenvalue weighted by molar-refractivity contribution is 6.30. The molecular weight excluding hydrogens is 261 g/mol. The molecule has 98 valence electrons. The average Bonchev–Trinajstić information content (AvgIpc) is 2.38. The van der Waals surface area contributed by atoms with Gasteiger partial charge in [0.1, 0.15) is 6.04 Å². The third-order valence-electron chi connectivity index (χ3n) is 2.74. The van der Waals surface area contributed by atoms with Gasteiger partial charge in [-0.15, -0.1) is 0 Å². The minimum atomic E-state index is -0.577. The van der Waals surface area contributed by atoms with Gasteiger partial charge in [-0.05, 0) is 6.07 Å². The van der Waals surface area contributed by atoms with Gasteiger partial charge in [-0.2, -0.15) is 0 Å². The van der Waals surface area contributed by atoms with Crippen molar-refractivity contribution in [3.8, 4) is 0 Å². The van der Waals surface area contributed by atoms with E-state index < -0.39 is 11.9 Å². The summed E-state index contributed by atoms with van der Waals surface area (Å²) in [7, 11) is 1.53. The van der Waals surface area contributed by atoms with Gasteiger partial charge in [-0.3, -0.25) is 4.79 Å². The summed E-state index contributed by atoms with van der Waals surface area (Å²) in [5, 5.41) is 2.75. The fraction of sp³-hybridized carbons (Fsp3) is 0.455. The van der Waals surface area contributed by atoms with Gasteiger partial charge in [0.2, 0.25) is 5.91 Å². The molecule has 0 aromatic carbocycles. The number of nitrogens with zero attached hydrogens (tertiary/aromatic N) is 2. The number of hydrogen-bond donors (Lipinski definition) is 1. The molecular formula is C11H13ClFN3O2. The van der Waals surface area contributed by atoms with Gasteiger partial charge in [-0.25, -0.2) is 9.37 Å². The molecule has 1 unspecified atom stereocenters. The van der Waals surface area contributed by atoms with Crippen molar-refractivity contribution in [1.82, 2.24) is 10.3 Å². The zero-order valence-electron chi connectivity index (χ0n) is 9.82. The molecule has 5 nitrogen and oxygen atoms in total. The Kier molecular flexibility index (Phi) is 3.98. The number of rotatable bonds is 2. The van der Waals surface area contributed by atoms with Gasteiger partial charge in [0.25, 0.3) is 0 Å². The molecule has 18 heavy (non-hydrogen) atoms. The second kappa shape index (κ2) is 5.49. The van der Waals surface area contributed by atoms with Crippen LogP contribution in [0.1, 0.15) is 0 Å². The van der Waals surface area contributed by atoms with Crippen LogP contribution in [0.3, 0.4) is 0 Å². The Labute approximate surface area is 109 Å². The first kappa shape index (κ1) is 13.0. The Bertz CT molecular complexity index is 458. The molecule has 2 heterocycles. The molecule has 0 saturated carbocycles. The monoisotopic (exact) mass is 273 g/mol. The first-order chi connectivity index (χ1) is 8.63. The van der Waals surface area contributed by atoms with Crippen LogP contribution in [0.15, 0.2) is 12.3 Å². The van der Waals surface area contributed by atoms with E-state index in [0.717, 1.165) is 0 Å². The van der Waals surface area contributed by atoms with Crippen LogP contribution in [0, 0.1) is 5.82 Å². The Morgan fingerprint density at radius 1 is 1.72 bits per heavy atom. The predicted octanol–water partition coefficient (Wildman–Crippen LogP) is 0.825. The zero-order valence-corrected chi connectivity index (χ0v) is 10.6. The molecule has 1 atom stereocenters. The molecule has 1 fully saturated rings. The summed E-state index contributed by atoms with van der Waals surface area (Å²) in [6.07, 6.45) is 1.36. The van der Waals surface area contributed by atoms with Crippen LogP contribution >= 0.6 is 11.6 Å². The van der Waals surface area contributed by atoms with Crippen molar-refractivity contribution in [2.45, 2.75) is 6.04 Å². The number of aromatic nitrogens is 1. The number of likely N-dealkylation sites (N-methyl/N-ethyl adjacent to an activating group) is 1. The summed E-state index contributed by atoms with van der Waals surface area (Å²) in [6, 6.07) is 0.604. The molecule has 1 aliphatic rings. The first-order valence-corrected chi connectivity index (χ1v) is 5.88. The molecule has 1 saturated heterocycles. The van der Waals surface area contributed by atoms with E-state index in [2.05, 4.69) is 10.3 Å². The summed E-state index contributed by atoms with van der Waals surface area (Å²) >= 11 is 5.66. The number of ether oxygens (including phenoxy) is 1. The third kappa shape index (κ3) is 2.54. The fourth-order valence-electron chi connectivity index (χ4n) is 1.86. The van der Waals surface area contributed by atoms with E-state index in [-0.39, 0.29) is 23.4 Å². The second-order valence-corrected chi connectivity index (χ2v) is 4.29. The topological polar surface area (TPSA) is 54.5 Å². The number of amides is 1. The van der Waals surface area contributed by atoms with E-state index in [9.17, 15) is 9.18 Å². The SMILES string of the molecule is CNC(=O)C1COCCN1c1ncc(Cl)cc1F. The summed E-state index contributed by atoms with van der Waals surface area (Å²) < 4.78 is 19.1. The molecule has 7 heteroatoms. The minimum absolute atomic E-state index is 0.122. The van der Waals surface area contributed by atoms with Crippen molar-refractivity contribution < 1.29 is 13.9 Å². The molecule has 1 aromatic rings. The van der Waals surface area contributed by atoms with E-state index >= 15 is 0 Å².